The number of ether oxygens (including phenoxy) is 2. The van der Waals surface area contributed by atoms with Crippen LogP contribution in [-0.2, 0) is 13.1 Å². The standard InChI is InChI=1S/C16H18F2N2O2/c1-2-21-14-7-3-6-13(15(14)22-16(17)18)11-20-10-12-5-4-8-19-9-12/h3-9,16,20H,2,10-11H2,1H3. The summed E-state index contributed by atoms with van der Waals surface area (Å²) in [5.41, 5.74) is 1.63. The van der Waals surface area contributed by atoms with Crippen LogP contribution in [0.2, 0.25) is 0 Å². The molecular weight excluding hydrogens is 290 g/mol. The third-order valence-corrected chi connectivity index (χ3v) is 2.93. The van der Waals surface area contributed by atoms with E-state index in [0.717, 1.165) is 5.56 Å². The largest absolute Gasteiger partial charge is 0.490 e. The van der Waals surface area contributed by atoms with Crippen LogP contribution in [-0.4, -0.2) is 18.2 Å². The number of hydrogen-bond donors (Lipinski definition) is 1. The molecule has 2 aromatic rings. The predicted molar refractivity (Wildman–Crippen MR) is 79.0 cm³/mol. The fourth-order valence-electron chi connectivity index (χ4n) is 2.04. The molecule has 1 aromatic heterocycles. The van der Waals surface area contributed by atoms with E-state index in [4.69, 9.17) is 4.74 Å². The van der Waals surface area contributed by atoms with E-state index in [2.05, 4.69) is 15.0 Å². The van der Waals surface area contributed by atoms with Crippen molar-refractivity contribution in [2.24, 2.45) is 0 Å². The number of halogens is 2. The van der Waals surface area contributed by atoms with Crippen molar-refractivity contribution in [3.8, 4) is 11.5 Å². The van der Waals surface area contributed by atoms with E-state index in [9.17, 15) is 8.78 Å². The second-order valence-corrected chi connectivity index (χ2v) is 4.52. The first-order chi connectivity index (χ1) is 10.7. The highest BCUT2D eigenvalue weighted by atomic mass is 19.3. The first-order valence-electron chi connectivity index (χ1n) is 6.99. The van der Waals surface area contributed by atoms with Gasteiger partial charge in [-0.25, -0.2) is 0 Å². The summed E-state index contributed by atoms with van der Waals surface area (Å²) in [6, 6.07) is 8.89. The molecule has 1 N–H and O–H groups in total. The molecule has 118 valence electrons. The van der Waals surface area contributed by atoms with Crippen LogP contribution < -0.4 is 14.8 Å². The van der Waals surface area contributed by atoms with Crippen LogP contribution in [0.15, 0.2) is 42.7 Å². The van der Waals surface area contributed by atoms with Crippen LogP contribution in [0.5, 0.6) is 11.5 Å². The summed E-state index contributed by atoms with van der Waals surface area (Å²) in [6.45, 7) is 0.253. The molecule has 1 heterocycles. The molecule has 0 spiro atoms. The van der Waals surface area contributed by atoms with Crippen LogP contribution >= 0.6 is 0 Å². The van der Waals surface area contributed by atoms with Crippen molar-refractivity contribution in [2.75, 3.05) is 6.61 Å². The Morgan fingerprint density at radius 2 is 2.05 bits per heavy atom. The monoisotopic (exact) mass is 308 g/mol. The molecule has 0 saturated carbocycles. The van der Waals surface area contributed by atoms with Gasteiger partial charge in [-0.2, -0.15) is 8.78 Å². The zero-order valence-corrected chi connectivity index (χ0v) is 12.3. The van der Waals surface area contributed by atoms with E-state index in [-0.39, 0.29) is 5.75 Å². The van der Waals surface area contributed by atoms with Crippen LogP contribution in [0.25, 0.3) is 0 Å². The lowest BCUT2D eigenvalue weighted by Crippen LogP contribution is -2.15. The molecule has 0 amide bonds. The second kappa shape index (κ2) is 8.29. The van der Waals surface area contributed by atoms with Crippen molar-refractivity contribution in [2.45, 2.75) is 26.6 Å². The van der Waals surface area contributed by atoms with Crippen LogP contribution in [0, 0.1) is 0 Å². The number of alkyl halides is 2. The molecule has 0 radical (unpaired) electrons. The lowest BCUT2D eigenvalue weighted by atomic mass is 10.1. The zero-order chi connectivity index (χ0) is 15.8. The summed E-state index contributed by atoms with van der Waals surface area (Å²) in [7, 11) is 0. The summed E-state index contributed by atoms with van der Waals surface area (Å²) >= 11 is 0. The van der Waals surface area contributed by atoms with Crippen LogP contribution in [0.3, 0.4) is 0 Å². The maximum absolute atomic E-state index is 12.6. The smallest absolute Gasteiger partial charge is 0.387 e. The molecular formula is C16H18F2N2O2. The van der Waals surface area contributed by atoms with Crippen LogP contribution in [0.4, 0.5) is 8.78 Å². The lowest BCUT2D eigenvalue weighted by Gasteiger charge is -2.15. The van der Waals surface area contributed by atoms with Gasteiger partial charge in [-0.3, -0.25) is 4.98 Å². The number of para-hydroxylation sites is 1. The predicted octanol–water partition coefficient (Wildman–Crippen LogP) is 3.37. The average molecular weight is 308 g/mol. The zero-order valence-electron chi connectivity index (χ0n) is 12.3. The first kappa shape index (κ1) is 16.2. The third kappa shape index (κ3) is 4.66. The van der Waals surface area contributed by atoms with Gasteiger partial charge in [0.25, 0.3) is 0 Å². The number of aromatic nitrogens is 1. The SMILES string of the molecule is CCOc1cccc(CNCc2cccnc2)c1OC(F)F. The molecule has 0 aliphatic carbocycles. The number of rotatable bonds is 8. The van der Waals surface area contributed by atoms with Crippen molar-refractivity contribution in [1.82, 2.24) is 10.3 Å². The van der Waals surface area contributed by atoms with Gasteiger partial charge in [0.2, 0.25) is 0 Å². The minimum atomic E-state index is -2.89. The number of nitrogens with zero attached hydrogens (tertiary/aromatic N) is 1. The minimum absolute atomic E-state index is 0.0815. The Hall–Kier alpha value is -2.21. The lowest BCUT2D eigenvalue weighted by molar-refractivity contribution is -0.0521. The molecule has 2 rings (SSSR count). The van der Waals surface area contributed by atoms with Gasteiger partial charge >= 0.3 is 6.61 Å². The van der Waals surface area contributed by atoms with Crippen molar-refractivity contribution in [1.29, 1.82) is 0 Å². The second-order valence-electron chi connectivity index (χ2n) is 4.52. The van der Waals surface area contributed by atoms with E-state index in [1.54, 1.807) is 37.5 Å². The normalized spacial score (nSPS) is 10.7. The molecule has 0 aliphatic rings. The number of nitrogens with one attached hydrogen (secondary N) is 1. The number of pyridine rings is 1. The first-order valence-corrected chi connectivity index (χ1v) is 6.99. The molecule has 0 aliphatic heterocycles. The molecule has 0 fully saturated rings. The summed E-state index contributed by atoms with van der Waals surface area (Å²) in [5.74, 6) is 0.404. The van der Waals surface area contributed by atoms with Crippen molar-refractivity contribution in [3.63, 3.8) is 0 Å². The maximum Gasteiger partial charge on any atom is 0.387 e. The fourth-order valence-corrected chi connectivity index (χ4v) is 2.04. The molecule has 22 heavy (non-hydrogen) atoms. The van der Waals surface area contributed by atoms with Gasteiger partial charge in [-0.1, -0.05) is 18.2 Å². The van der Waals surface area contributed by atoms with Crippen LogP contribution in [0.1, 0.15) is 18.1 Å². The van der Waals surface area contributed by atoms with Gasteiger partial charge in [-0.05, 0) is 24.6 Å². The Balaban J connectivity index is 2.06. The Morgan fingerprint density at radius 1 is 1.18 bits per heavy atom. The average Bonchev–Trinajstić information content (AvgIpc) is 2.51. The third-order valence-electron chi connectivity index (χ3n) is 2.93. The molecule has 0 atom stereocenters. The summed E-state index contributed by atoms with van der Waals surface area (Å²) in [6.07, 6.45) is 3.45. The molecule has 6 heteroatoms. The van der Waals surface area contributed by atoms with E-state index >= 15 is 0 Å². The van der Waals surface area contributed by atoms with Crippen molar-refractivity contribution in [3.05, 3.63) is 53.9 Å². The van der Waals surface area contributed by atoms with Crippen molar-refractivity contribution < 1.29 is 18.3 Å². The topological polar surface area (TPSA) is 43.4 Å². The van der Waals surface area contributed by atoms with E-state index in [1.807, 2.05) is 12.1 Å². The molecule has 1 aromatic carbocycles. The van der Waals surface area contributed by atoms with Gasteiger partial charge in [-0.15, -0.1) is 0 Å². The highest BCUT2D eigenvalue weighted by molar-refractivity contribution is 5.46. The number of benzene rings is 1. The summed E-state index contributed by atoms with van der Waals surface area (Å²) in [5, 5.41) is 3.18. The minimum Gasteiger partial charge on any atom is -0.490 e. The Bertz CT molecular complexity index is 580. The maximum atomic E-state index is 12.6. The van der Waals surface area contributed by atoms with Gasteiger partial charge in [0, 0.05) is 31.0 Å². The number of hydrogen-bond acceptors (Lipinski definition) is 4. The Kier molecular flexibility index (Phi) is 6.09. The molecule has 4 nitrogen and oxygen atoms in total. The highest BCUT2D eigenvalue weighted by Crippen LogP contribution is 2.32. The van der Waals surface area contributed by atoms with Gasteiger partial charge in [0.05, 0.1) is 6.61 Å². The van der Waals surface area contributed by atoms with Gasteiger partial charge < -0.3 is 14.8 Å². The molecule has 0 bridgehead atoms. The van der Waals surface area contributed by atoms with E-state index < -0.39 is 6.61 Å². The van der Waals surface area contributed by atoms with Gasteiger partial charge in [0.1, 0.15) is 0 Å². The summed E-state index contributed by atoms with van der Waals surface area (Å²) in [4.78, 5) is 4.02. The molecule has 0 unspecified atom stereocenters. The Labute approximate surface area is 128 Å². The fraction of sp³-hybridized carbons (Fsp3) is 0.312. The molecule has 0 saturated heterocycles. The Morgan fingerprint density at radius 3 is 2.73 bits per heavy atom. The van der Waals surface area contributed by atoms with Gasteiger partial charge in [0.15, 0.2) is 11.5 Å². The quantitative estimate of drug-likeness (QED) is 0.812. The summed E-state index contributed by atoms with van der Waals surface area (Å²) < 4.78 is 35.2. The highest BCUT2D eigenvalue weighted by Gasteiger charge is 2.15. The van der Waals surface area contributed by atoms with E-state index in [1.165, 1.54) is 0 Å². The van der Waals surface area contributed by atoms with Crippen molar-refractivity contribution >= 4 is 0 Å². The van der Waals surface area contributed by atoms with E-state index in [0.29, 0.717) is 31.0 Å².